The van der Waals surface area contributed by atoms with E-state index in [1.165, 1.54) is 5.56 Å². The van der Waals surface area contributed by atoms with Crippen LogP contribution in [0.25, 0.3) is 0 Å². The molecule has 3 nitrogen and oxygen atoms in total. The molecule has 1 saturated heterocycles. The van der Waals surface area contributed by atoms with E-state index < -0.39 is 11.4 Å². The van der Waals surface area contributed by atoms with Crippen LogP contribution in [-0.2, 0) is 4.79 Å². The highest BCUT2D eigenvalue weighted by Crippen LogP contribution is 2.39. The molecule has 1 N–H and O–H groups in total. The van der Waals surface area contributed by atoms with Crippen LogP contribution in [0.1, 0.15) is 44.7 Å². The second-order valence-corrected chi connectivity index (χ2v) is 6.07. The Kier molecular flexibility index (Phi) is 4.71. The van der Waals surface area contributed by atoms with Crippen LogP contribution in [0.15, 0.2) is 24.3 Å². The molecule has 110 valence electrons. The SMILES string of the molecule is CCC(c1ccc(Cl)cc1)N1CCC(CC)(C(=O)O)C1. The Hall–Kier alpha value is -1.06. The maximum absolute atomic E-state index is 11.5. The molecule has 1 heterocycles. The van der Waals surface area contributed by atoms with Crippen LogP contribution in [0.4, 0.5) is 0 Å². The van der Waals surface area contributed by atoms with Crippen LogP contribution in [-0.4, -0.2) is 29.1 Å². The normalized spacial score (nSPS) is 24.8. The second-order valence-electron chi connectivity index (χ2n) is 5.64. The van der Waals surface area contributed by atoms with Gasteiger partial charge in [-0.1, -0.05) is 37.6 Å². The average molecular weight is 296 g/mol. The quantitative estimate of drug-likeness (QED) is 0.893. The number of likely N-dealkylation sites (tertiary alicyclic amines) is 1. The summed E-state index contributed by atoms with van der Waals surface area (Å²) in [5.74, 6) is -0.659. The molecule has 0 radical (unpaired) electrons. The highest BCUT2D eigenvalue weighted by molar-refractivity contribution is 6.30. The van der Waals surface area contributed by atoms with E-state index >= 15 is 0 Å². The summed E-state index contributed by atoms with van der Waals surface area (Å²) in [6, 6.07) is 8.17. The van der Waals surface area contributed by atoms with Crippen molar-refractivity contribution >= 4 is 17.6 Å². The number of carboxylic acids is 1. The molecule has 4 heteroatoms. The molecule has 0 spiro atoms. The Morgan fingerprint density at radius 2 is 2.05 bits per heavy atom. The van der Waals surface area contributed by atoms with Crippen molar-refractivity contribution in [3.63, 3.8) is 0 Å². The zero-order valence-electron chi connectivity index (χ0n) is 12.1. The predicted molar refractivity (Wildman–Crippen MR) is 81.0 cm³/mol. The van der Waals surface area contributed by atoms with Gasteiger partial charge >= 0.3 is 5.97 Å². The number of rotatable bonds is 5. The number of carboxylic acid groups (broad SMARTS) is 1. The van der Waals surface area contributed by atoms with Gasteiger partial charge in [0.15, 0.2) is 0 Å². The van der Waals surface area contributed by atoms with Crippen molar-refractivity contribution in [3.8, 4) is 0 Å². The molecule has 0 bridgehead atoms. The van der Waals surface area contributed by atoms with Crippen LogP contribution < -0.4 is 0 Å². The maximum Gasteiger partial charge on any atom is 0.310 e. The van der Waals surface area contributed by atoms with Gasteiger partial charge in [0.2, 0.25) is 0 Å². The van der Waals surface area contributed by atoms with Crippen molar-refractivity contribution in [2.24, 2.45) is 5.41 Å². The zero-order valence-corrected chi connectivity index (χ0v) is 12.9. The van der Waals surface area contributed by atoms with Gasteiger partial charge < -0.3 is 5.11 Å². The highest BCUT2D eigenvalue weighted by Gasteiger charge is 2.44. The summed E-state index contributed by atoms with van der Waals surface area (Å²) in [5, 5.41) is 10.2. The summed E-state index contributed by atoms with van der Waals surface area (Å²) in [6.45, 7) is 5.61. The molecule has 2 unspecified atom stereocenters. The zero-order chi connectivity index (χ0) is 14.8. The number of benzene rings is 1. The molecular formula is C16H22ClNO2. The van der Waals surface area contributed by atoms with E-state index in [0.29, 0.717) is 13.0 Å². The Morgan fingerprint density at radius 3 is 2.50 bits per heavy atom. The van der Waals surface area contributed by atoms with Gasteiger partial charge in [0.1, 0.15) is 0 Å². The second kappa shape index (κ2) is 6.15. The van der Waals surface area contributed by atoms with Crippen LogP contribution in [0.5, 0.6) is 0 Å². The smallest absolute Gasteiger partial charge is 0.310 e. The largest absolute Gasteiger partial charge is 0.481 e. The van der Waals surface area contributed by atoms with E-state index in [9.17, 15) is 9.90 Å². The van der Waals surface area contributed by atoms with E-state index in [0.717, 1.165) is 24.4 Å². The van der Waals surface area contributed by atoms with Crippen molar-refractivity contribution in [2.75, 3.05) is 13.1 Å². The van der Waals surface area contributed by atoms with Crippen molar-refractivity contribution in [3.05, 3.63) is 34.9 Å². The lowest BCUT2D eigenvalue weighted by molar-refractivity contribution is -0.148. The Labute approximate surface area is 125 Å². The molecule has 0 aliphatic carbocycles. The van der Waals surface area contributed by atoms with Gasteiger partial charge in [-0.05, 0) is 43.5 Å². The summed E-state index contributed by atoms with van der Waals surface area (Å²) in [7, 11) is 0. The first kappa shape index (κ1) is 15.3. The predicted octanol–water partition coefficient (Wildman–Crippen LogP) is 3.98. The lowest BCUT2D eigenvalue weighted by Crippen LogP contribution is -2.35. The highest BCUT2D eigenvalue weighted by atomic mass is 35.5. The molecule has 1 aromatic rings. The summed E-state index contributed by atoms with van der Waals surface area (Å²) in [4.78, 5) is 13.9. The lowest BCUT2D eigenvalue weighted by Gasteiger charge is -2.29. The molecule has 0 amide bonds. The van der Waals surface area contributed by atoms with E-state index in [1.807, 2.05) is 31.2 Å². The fraction of sp³-hybridized carbons (Fsp3) is 0.562. The van der Waals surface area contributed by atoms with Gasteiger partial charge in [-0.3, -0.25) is 9.69 Å². The van der Waals surface area contributed by atoms with Crippen LogP contribution in [0.2, 0.25) is 5.02 Å². The van der Waals surface area contributed by atoms with E-state index in [2.05, 4.69) is 11.8 Å². The van der Waals surface area contributed by atoms with Gasteiger partial charge in [-0.15, -0.1) is 0 Å². The van der Waals surface area contributed by atoms with Gasteiger partial charge in [0.05, 0.1) is 5.41 Å². The number of carbonyl (C=O) groups is 1. The Morgan fingerprint density at radius 1 is 1.40 bits per heavy atom. The first-order valence-electron chi connectivity index (χ1n) is 7.25. The lowest BCUT2D eigenvalue weighted by atomic mass is 9.84. The molecule has 1 aliphatic rings. The van der Waals surface area contributed by atoms with Crippen LogP contribution >= 0.6 is 11.6 Å². The molecule has 2 atom stereocenters. The van der Waals surface area contributed by atoms with Crippen LogP contribution in [0, 0.1) is 5.41 Å². The third kappa shape index (κ3) is 2.84. The molecule has 0 saturated carbocycles. The van der Waals surface area contributed by atoms with E-state index in [1.54, 1.807) is 0 Å². The third-order valence-electron chi connectivity index (χ3n) is 4.60. The van der Waals surface area contributed by atoms with Crippen molar-refractivity contribution in [1.82, 2.24) is 4.90 Å². The topological polar surface area (TPSA) is 40.5 Å². The standard InChI is InChI=1S/C16H22ClNO2/c1-3-14(12-5-7-13(17)8-6-12)18-10-9-16(4-2,11-18)15(19)20/h5-8,14H,3-4,9-11H2,1-2H3,(H,19,20). The minimum absolute atomic E-state index is 0.278. The minimum Gasteiger partial charge on any atom is -0.481 e. The number of nitrogens with zero attached hydrogens (tertiary/aromatic N) is 1. The number of aliphatic carboxylic acids is 1. The summed E-state index contributed by atoms with van der Waals surface area (Å²) < 4.78 is 0. The molecule has 1 aromatic carbocycles. The molecule has 0 aromatic heterocycles. The first-order chi connectivity index (χ1) is 9.52. The Balaban J connectivity index is 2.18. The molecule has 1 aliphatic heterocycles. The van der Waals surface area contributed by atoms with E-state index in [4.69, 9.17) is 11.6 Å². The molecule has 1 fully saturated rings. The Bertz CT molecular complexity index is 474. The summed E-state index contributed by atoms with van der Waals surface area (Å²) >= 11 is 5.94. The summed E-state index contributed by atoms with van der Waals surface area (Å²) in [6.07, 6.45) is 2.40. The maximum atomic E-state index is 11.5. The van der Waals surface area contributed by atoms with Gasteiger partial charge in [-0.25, -0.2) is 0 Å². The van der Waals surface area contributed by atoms with Crippen molar-refractivity contribution in [1.29, 1.82) is 0 Å². The van der Waals surface area contributed by atoms with Crippen molar-refractivity contribution in [2.45, 2.75) is 39.2 Å². The fourth-order valence-electron chi connectivity index (χ4n) is 3.17. The average Bonchev–Trinajstić information content (AvgIpc) is 2.87. The molecular weight excluding hydrogens is 274 g/mol. The first-order valence-corrected chi connectivity index (χ1v) is 7.63. The number of halogens is 1. The molecule has 20 heavy (non-hydrogen) atoms. The molecule has 2 rings (SSSR count). The van der Waals surface area contributed by atoms with Crippen molar-refractivity contribution < 1.29 is 9.90 Å². The van der Waals surface area contributed by atoms with E-state index in [-0.39, 0.29) is 6.04 Å². The van der Waals surface area contributed by atoms with Crippen LogP contribution in [0.3, 0.4) is 0 Å². The van der Waals surface area contributed by atoms with Gasteiger partial charge in [0.25, 0.3) is 0 Å². The summed E-state index contributed by atoms with van der Waals surface area (Å²) in [5.41, 5.74) is 0.647. The monoisotopic (exact) mass is 295 g/mol. The van der Waals surface area contributed by atoms with Gasteiger partial charge in [0, 0.05) is 17.6 Å². The number of hydrogen-bond donors (Lipinski definition) is 1. The minimum atomic E-state index is -0.659. The third-order valence-corrected chi connectivity index (χ3v) is 4.85. The fourth-order valence-corrected chi connectivity index (χ4v) is 3.30. The van der Waals surface area contributed by atoms with Gasteiger partial charge in [-0.2, -0.15) is 0 Å². The number of hydrogen-bond acceptors (Lipinski definition) is 2.